The molecule has 0 N–H and O–H groups in total. The molecule has 0 aliphatic rings. The minimum absolute atomic E-state index is 0.349. The van der Waals surface area contributed by atoms with Gasteiger partial charge in [-0.2, -0.15) is 26.3 Å². The summed E-state index contributed by atoms with van der Waals surface area (Å²) < 4.78 is 76.1. The van der Waals surface area contributed by atoms with Crippen LogP contribution in [0.1, 0.15) is 11.1 Å². The summed E-state index contributed by atoms with van der Waals surface area (Å²) >= 11 is 5.66. The van der Waals surface area contributed by atoms with Gasteiger partial charge in [-0.25, -0.2) is 0 Å². The van der Waals surface area contributed by atoms with Gasteiger partial charge in [-0.3, -0.25) is 4.98 Å². The highest BCUT2D eigenvalue weighted by Gasteiger charge is 2.35. The van der Waals surface area contributed by atoms with Crippen molar-refractivity contribution >= 4 is 11.6 Å². The van der Waals surface area contributed by atoms with E-state index in [1.54, 1.807) is 0 Å². The molecule has 0 amide bonds. The Hall–Kier alpha value is -1.76. The molecule has 0 saturated carbocycles. The van der Waals surface area contributed by atoms with Gasteiger partial charge in [-0.1, -0.05) is 29.8 Å². The van der Waals surface area contributed by atoms with Crippen LogP contribution < -0.4 is 0 Å². The average molecular weight is 326 g/mol. The van der Waals surface area contributed by atoms with E-state index in [1.165, 1.54) is 12.1 Å². The summed E-state index contributed by atoms with van der Waals surface area (Å²) in [6, 6.07) is 4.96. The van der Waals surface area contributed by atoms with Gasteiger partial charge in [0.1, 0.15) is 0 Å². The van der Waals surface area contributed by atoms with Crippen LogP contribution >= 0.6 is 11.6 Å². The largest absolute Gasteiger partial charge is 0.417 e. The number of rotatable bonds is 1. The van der Waals surface area contributed by atoms with Gasteiger partial charge >= 0.3 is 12.4 Å². The zero-order chi connectivity index (χ0) is 15.8. The van der Waals surface area contributed by atoms with E-state index in [0.717, 1.165) is 12.1 Å². The summed E-state index contributed by atoms with van der Waals surface area (Å²) in [5.74, 6) is 0. The molecule has 1 aromatic heterocycles. The third-order valence-corrected chi connectivity index (χ3v) is 2.94. The molecule has 2 rings (SSSR count). The third kappa shape index (κ3) is 3.29. The van der Waals surface area contributed by atoms with E-state index < -0.39 is 28.5 Å². The van der Waals surface area contributed by atoms with Crippen molar-refractivity contribution in [1.82, 2.24) is 4.98 Å². The van der Waals surface area contributed by atoms with Crippen LogP contribution in [0.4, 0.5) is 26.3 Å². The van der Waals surface area contributed by atoms with E-state index in [0.29, 0.717) is 12.3 Å². The topological polar surface area (TPSA) is 12.9 Å². The lowest BCUT2D eigenvalue weighted by Gasteiger charge is -2.14. The molecular weight excluding hydrogens is 320 g/mol. The molecule has 0 radical (unpaired) electrons. The highest BCUT2D eigenvalue weighted by atomic mass is 35.5. The van der Waals surface area contributed by atoms with E-state index in [1.807, 2.05) is 0 Å². The maximum atomic E-state index is 12.9. The van der Waals surface area contributed by atoms with E-state index in [9.17, 15) is 26.3 Å². The van der Waals surface area contributed by atoms with Crippen LogP contribution in [0.3, 0.4) is 0 Å². The van der Waals surface area contributed by atoms with Crippen LogP contribution in [0.25, 0.3) is 11.3 Å². The van der Waals surface area contributed by atoms with Crippen molar-refractivity contribution < 1.29 is 26.3 Å². The fourth-order valence-electron chi connectivity index (χ4n) is 1.73. The van der Waals surface area contributed by atoms with Crippen molar-refractivity contribution in [3.63, 3.8) is 0 Å². The van der Waals surface area contributed by atoms with Gasteiger partial charge in [-0.15, -0.1) is 0 Å². The van der Waals surface area contributed by atoms with Crippen molar-refractivity contribution in [3.8, 4) is 11.3 Å². The highest BCUT2D eigenvalue weighted by molar-refractivity contribution is 6.33. The Kier molecular flexibility index (Phi) is 3.88. The summed E-state index contributed by atoms with van der Waals surface area (Å²) in [7, 11) is 0. The first kappa shape index (κ1) is 15.6. The van der Waals surface area contributed by atoms with Crippen LogP contribution in [0, 0.1) is 0 Å². The Bertz CT molecular complexity index is 662. The van der Waals surface area contributed by atoms with Gasteiger partial charge < -0.3 is 0 Å². The lowest BCUT2D eigenvalue weighted by atomic mass is 10.0. The molecule has 2 aromatic rings. The van der Waals surface area contributed by atoms with Crippen molar-refractivity contribution in [1.29, 1.82) is 0 Å². The van der Waals surface area contributed by atoms with Crippen molar-refractivity contribution in [2.24, 2.45) is 0 Å². The predicted octanol–water partition coefficient (Wildman–Crippen LogP) is 5.44. The third-order valence-electron chi connectivity index (χ3n) is 2.66. The van der Waals surface area contributed by atoms with Crippen LogP contribution in [-0.2, 0) is 12.4 Å². The van der Waals surface area contributed by atoms with Gasteiger partial charge in [0.2, 0.25) is 0 Å². The molecule has 0 aliphatic carbocycles. The summed E-state index contributed by atoms with van der Waals surface area (Å²) in [6.07, 6.45) is -8.88. The second kappa shape index (κ2) is 5.22. The summed E-state index contributed by atoms with van der Waals surface area (Å²) in [6.45, 7) is 0. The molecule has 1 aromatic carbocycles. The molecule has 112 valence electrons. The minimum atomic E-state index is -4.67. The van der Waals surface area contributed by atoms with Crippen LogP contribution in [0.5, 0.6) is 0 Å². The number of pyridine rings is 1. The maximum Gasteiger partial charge on any atom is 0.417 e. The average Bonchev–Trinajstić information content (AvgIpc) is 2.36. The van der Waals surface area contributed by atoms with Crippen LogP contribution in [0.15, 0.2) is 36.5 Å². The maximum absolute atomic E-state index is 12.9. The van der Waals surface area contributed by atoms with Crippen molar-refractivity contribution in [2.75, 3.05) is 0 Å². The van der Waals surface area contributed by atoms with E-state index >= 15 is 0 Å². The van der Waals surface area contributed by atoms with Gasteiger partial charge in [0.25, 0.3) is 0 Å². The smallest absolute Gasteiger partial charge is 0.254 e. The molecular formula is C13H6ClF6N. The SMILES string of the molecule is FC(F)(F)c1cnc(-c2ccccc2C(F)(F)F)c(Cl)c1. The Morgan fingerprint density at radius 2 is 1.52 bits per heavy atom. The van der Waals surface area contributed by atoms with E-state index in [-0.39, 0.29) is 11.3 Å². The number of nitrogens with zero attached hydrogens (tertiary/aromatic N) is 1. The lowest BCUT2D eigenvalue weighted by Crippen LogP contribution is -2.09. The quantitative estimate of drug-likeness (QED) is 0.636. The second-order valence-corrected chi connectivity index (χ2v) is 4.50. The summed E-state index contributed by atoms with van der Waals surface area (Å²) in [5.41, 5.74) is -2.86. The summed E-state index contributed by atoms with van der Waals surface area (Å²) in [5, 5.41) is -0.499. The Morgan fingerprint density at radius 3 is 2.05 bits per heavy atom. The molecule has 0 fully saturated rings. The van der Waals surface area contributed by atoms with Gasteiger partial charge in [0, 0.05) is 11.8 Å². The number of hydrogen-bond donors (Lipinski definition) is 0. The normalized spacial score (nSPS) is 12.5. The molecule has 1 heterocycles. The minimum Gasteiger partial charge on any atom is -0.254 e. The molecule has 21 heavy (non-hydrogen) atoms. The van der Waals surface area contributed by atoms with Crippen molar-refractivity contribution in [2.45, 2.75) is 12.4 Å². The lowest BCUT2D eigenvalue weighted by molar-refractivity contribution is -0.138. The van der Waals surface area contributed by atoms with E-state index in [4.69, 9.17) is 11.6 Å². The first-order valence-corrected chi connectivity index (χ1v) is 5.88. The molecule has 0 bridgehead atoms. The molecule has 0 atom stereocenters. The highest BCUT2D eigenvalue weighted by Crippen LogP contribution is 2.39. The number of alkyl halides is 6. The van der Waals surface area contributed by atoms with Gasteiger partial charge in [-0.05, 0) is 12.1 Å². The molecule has 1 nitrogen and oxygen atoms in total. The number of hydrogen-bond acceptors (Lipinski definition) is 1. The Balaban J connectivity index is 2.59. The van der Waals surface area contributed by atoms with Crippen LogP contribution in [0.2, 0.25) is 5.02 Å². The fraction of sp³-hybridized carbons (Fsp3) is 0.154. The monoisotopic (exact) mass is 325 g/mol. The summed E-state index contributed by atoms with van der Waals surface area (Å²) in [4.78, 5) is 3.44. The molecule has 0 spiro atoms. The van der Waals surface area contributed by atoms with Gasteiger partial charge in [0.05, 0.1) is 21.8 Å². The van der Waals surface area contributed by atoms with Gasteiger partial charge in [0.15, 0.2) is 0 Å². The zero-order valence-electron chi connectivity index (χ0n) is 10.1. The standard InChI is InChI=1S/C13H6ClF6N/c14-10-5-7(12(15,16)17)6-21-11(10)8-3-1-2-4-9(8)13(18,19)20/h1-6H. The molecule has 0 saturated heterocycles. The molecule has 0 aliphatic heterocycles. The number of benzene rings is 1. The first-order valence-electron chi connectivity index (χ1n) is 5.50. The molecule has 8 heteroatoms. The Labute approximate surface area is 120 Å². The predicted molar refractivity (Wildman–Crippen MR) is 64.7 cm³/mol. The van der Waals surface area contributed by atoms with E-state index in [2.05, 4.69) is 4.98 Å². The second-order valence-electron chi connectivity index (χ2n) is 4.10. The van der Waals surface area contributed by atoms with Crippen molar-refractivity contribution in [3.05, 3.63) is 52.7 Å². The number of halogens is 7. The fourth-order valence-corrected chi connectivity index (χ4v) is 2.00. The zero-order valence-corrected chi connectivity index (χ0v) is 10.8. The number of aromatic nitrogens is 1. The Morgan fingerprint density at radius 1 is 0.905 bits per heavy atom. The van der Waals surface area contributed by atoms with Crippen LogP contribution in [-0.4, -0.2) is 4.98 Å². The molecule has 0 unspecified atom stereocenters. The first-order chi connectivity index (χ1) is 9.60.